The number of halogens is 1. The van der Waals surface area contributed by atoms with Crippen LogP contribution in [0.2, 0.25) is 0 Å². The molecule has 6 nitrogen and oxygen atoms in total. The number of anilines is 1. The number of rotatable bonds is 5. The molecule has 1 N–H and O–H groups in total. The first-order valence-electron chi connectivity index (χ1n) is 7.30. The molecule has 128 valence electrons. The summed E-state index contributed by atoms with van der Waals surface area (Å²) in [5.74, 6) is -2.17. The summed E-state index contributed by atoms with van der Waals surface area (Å²) in [4.78, 5) is 24.1. The number of esters is 1. The standard InChI is InChI=1S/C18H15FN2O4/c1-11(17(22)21-15-6-4-3-5-13(15)10-20)25-18(23)12-7-8-16(24-2)14(19)9-12/h3-9,11H,1-2H3,(H,21,22)/t11-/m0/s1. The Bertz CT molecular complexity index is 845. The Hall–Kier alpha value is -3.40. The molecule has 1 amide bonds. The van der Waals surface area contributed by atoms with Crippen LogP contribution in [0.4, 0.5) is 10.1 Å². The number of amides is 1. The highest BCUT2D eigenvalue weighted by molar-refractivity contribution is 5.98. The minimum absolute atomic E-state index is 0.00421. The van der Waals surface area contributed by atoms with Crippen molar-refractivity contribution in [3.63, 3.8) is 0 Å². The van der Waals surface area contributed by atoms with Gasteiger partial charge < -0.3 is 14.8 Å². The molecule has 0 bridgehead atoms. The van der Waals surface area contributed by atoms with Crippen LogP contribution >= 0.6 is 0 Å². The van der Waals surface area contributed by atoms with Crippen molar-refractivity contribution in [1.29, 1.82) is 5.26 Å². The van der Waals surface area contributed by atoms with Crippen molar-refractivity contribution in [1.82, 2.24) is 0 Å². The fourth-order valence-corrected chi connectivity index (χ4v) is 2.00. The fourth-order valence-electron chi connectivity index (χ4n) is 2.00. The topological polar surface area (TPSA) is 88.4 Å². The lowest BCUT2D eigenvalue weighted by molar-refractivity contribution is -0.123. The first-order chi connectivity index (χ1) is 12.0. The zero-order valence-electron chi connectivity index (χ0n) is 13.6. The van der Waals surface area contributed by atoms with Crippen molar-refractivity contribution < 1.29 is 23.5 Å². The highest BCUT2D eigenvalue weighted by Crippen LogP contribution is 2.19. The van der Waals surface area contributed by atoms with E-state index < -0.39 is 23.8 Å². The quantitative estimate of drug-likeness (QED) is 0.844. The summed E-state index contributed by atoms with van der Waals surface area (Å²) in [5, 5.41) is 11.5. The number of benzene rings is 2. The van der Waals surface area contributed by atoms with E-state index in [9.17, 15) is 14.0 Å². The molecular formula is C18H15FN2O4. The Morgan fingerprint density at radius 2 is 1.96 bits per heavy atom. The van der Waals surface area contributed by atoms with Crippen molar-refractivity contribution in [2.45, 2.75) is 13.0 Å². The maximum absolute atomic E-state index is 13.6. The molecule has 0 aliphatic heterocycles. The van der Waals surface area contributed by atoms with Gasteiger partial charge in [-0.25, -0.2) is 9.18 Å². The molecule has 0 saturated heterocycles. The normalized spacial score (nSPS) is 11.1. The summed E-state index contributed by atoms with van der Waals surface area (Å²) in [5.41, 5.74) is 0.551. The van der Waals surface area contributed by atoms with Gasteiger partial charge in [0.1, 0.15) is 6.07 Å². The zero-order chi connectivity index (χ0) is 18.4. The number of nitriles is 1. The summed E-state index contributed by atoms with van der Waals surface area (Å²) in [7, 11) is 1.31. The molecule has 0 radical (unpaired) electrons. The van der Waals surface area contributed by atoms with Crippen molar-refractivity contribution in [3.8, 4) is 11.8 Å². The van der Waals surface area contributed by atoms with Crippen LogP contribution in [0.15, 0.2) is 42.5 Å². The highest BCUT2D eigenvalue weighted by Gasteiger charge is 2.20. The second kappa shape index (κ2) is 7.93. The minimum Gasteiger partial charge on any atom is -0.494 e. The van der Waals surface area contributed by atoms with E-state index in [4.69, 9.17) is 14.7 Å². The van der Waals surface area contributed by atoms with Gasteiger partial charge in [0.05, 0.1) is 23.9 Å². The number of carbonyl (C=O) groups excluding carboxylic acids is 2. The average molecular weight is 342 g/mol. The molecule has 0 aromatic heterocycles. The molecule has 7 heteroatoms. The lowest BCUT2D eigenvalue weighted by atomic mass is 10.2. The third-order valence-corrected chi connectivity index (χ3v) is 3.35. The van der Waals surface area contributed by atoms with Gasteiger partial charge in [-0.3, -0.25) is 4.79 Å². The molecule has 0 heterocycles. The smallest absolute Gasteiger partial charge is 0.339 e. The molecule has 0 spiro atoms. The van der Waals surface area contributed by atoms with E-state index in [1.165, 1.54) is 26.2 Å². The molecule has 0 fully saturated rings. The van der Waals surface area contributed by atoms with Gasteiger partial charge in [0.2, 0.25) is 0 Å². The second-order valence-electron chi connectivity index (χ2n) is 5.04. The van der Waals surface area contributed by atoms with Gasteiger partial charge in [-0.15, -0.1) is 0 Å². The summed E-state index contributed by atoms with van der Waals surface area (Å²) in [6, 6.07) is 12.0. The van der Waals surface area contributed by atoms with Gasteiger partial charge in [-0.2, -0.15) is 5.26 Å². The molecule has 25 heavy (non-hydrogen) atoms. The zero-order valence-corrected chi connectivity index (χ0v) is 13.6. The van der Waals surface area contributed by atoms with E-state index in [1.807, 2.05) is 6.07 Å². The molecule has 0 saturated carbocycles. The number of methoxy groups -OCH3 is 1. The largest absolute Gasteiger partial charge is 0.494 e. The number of nitrogens with zero attached hydrogens (tertiary/aromatic N) is 1. The lowest BCUT2D eigenvalue weighted by Gasteiger charge is -2.14. The van der Waals surface area contributed by atoms with Crippen molar-refractivity contribution in [2.24, 2.45) is 0 Å². The van der Waals surface area contributed by atoms with Gasteiger partial charge in [-0.1, -0.05) is 12.1 Å². The van der Waals surface area contributed by atoms with Gasteiger partial charge in [0, 0.05) is 0 Å². The van der Waals surface area contributed by atoms with Crippen molar-refractivity contribution >= 4 is 17.6 Å². The van der Waals surface area contributed by atoms with Crippen LogP contribution in [0.5, 0.6) is 5.75 Å². The third-order valence-electron chi connectivity index (χ3n) is 3.35. The van der Waals surface area contributed by atoms with E-state index in [2.05, 4.69) is 5.32 Å². The molecular weight excluding hydrogens is 327 g/mol. The van der Waals surface area contributed by atoms with Crippen LogP contribution in [0.1, 0.15) is 22.8 Å². The molecule has 0 aliphatic carbocycles. The van der Waals surface area contributed by atoms with Crippen LogP contribution in [0, 0.1) is 17.1 Å². The number of ether oxygens (including phenoxy) is 2. The van der Waals surface area contributed by atoms with Gasteiger partial charge in [0.15, 0.2) is 17.7 Å². The Balaban J connectivity index is 2.04. The maximum Gasteiger partial charge on any atom is 0.339 e. The predicted octanol–water partition coefficient (Wildman–Crippen LogP) is 2.89. The highest BCUT2D eigenvalue weighted by atomic mass is 19.1. The van der Waals surface area contributed by atoms with Crippen LogP contribution in [0.3, 0.4) is 0 Å². The number of para-hydroxylation sites is 1. The monoisotopic (exact) mass is 342 g/mol. The number of carbonyl (C=O) groups is 2. The Morgan fingerprint density at radius 1 is 1.24 bits per heavy atom. The first kappa shape index (κ1) is 17.9. The van der Waals surface area contributed by atoms with E-state index >= 15 is 0 Å². The number of nitrogens with one attached hydrogen (secondary N) is 1. The van der Waals surface area contributed by atoms with E-state index in [1.54, 1.807) is 24.3 Å². The van der Waals surface area contributed by atoms with Gasteiger partial charge in [0.25, 0.3) is 5.91 Å². The maximum atomic E-state index is 13.6. The van der Waals surface area contributed by atoms with Crippen LogP contribution in [0.25, 0.3) is 0 Å². The molecule has 2 aromatic rings. The summed E-state index contributed by atoms with van der Waals surface area (Å²) < 4.78 is 23.4. The Kier molecular flexibility index (Phi) is 5.69. The molecule has 0 unspecified atom stereocenters. The SMILES string of the molecule is COc1ccc(C(=O)O[C@@H](C)C(=O)Nc2ccccc2C#N)cc1F. The first-order valence-corrected chi connectivity index (χ1v) is 7.30. The number of hydrogen-bond acceptors (Lipinski definition) is 5. The second-order valence-corrected chi connectivity index (χ2v) is 5.04. The number of hydrogen-bond donors (Lipinski definition) is 1. The van der Waals surface area contributed by atoms with Crippen LogP contribution < -0.4 is 10.1 Å². The minimum atomic E-state index is -1.13. The summed E-state index contributed by atoms with van der Waals surface area (Å²) in [6.07, 6.45) is -1.13. The van der Waals surface area contributed by atoms with Crippen molar-refractivity contribution in [3.05, 3.63) is 59.4 Å². The fraction of sp³-hybridized carbons (Fsp3) is 0.167. The Labute approximate surface area is 143 Å². The molecule has 1 atom stereocenters. The van der Waals surface area contributed by atoms with E-state index in [0.717, 1.165) is 6.07 Å². The molecule has 2 aromatic carbocycles. The van der Waals surface area contributed by atoms with E-state index in [-0.39, 0.29) is 16.9 Å². The Morgan fingerprint density at radius 3 is 2.60 bits per heavy atom. The van der Waals surface area contributed by atoms with E-state index in [0.29, 0.717) is 5.69 Å². The van der Waals surface area contributed by atoms with Gasteiger partial charge >= 0.3 is 5.97 Å². The van der Waals surface area contributed by atoms with Crippen molar-refractivity contribution in [2.75, 3.05) is 12.4 Å². The average Bonchev–Trinajstić information content (AvgIpc) is 2.61. The summed E-state index contributed by atoms with van der Waals surface area (Å²) >= 11 is 0. The van der Waals surface area contributed by atoms with Crippen LogP contribution in [-0.4, -0.2) is 25.1 Å². The summed E-state index contributed by atoms with van der Waals surface area (Å²) in [6.45, 7) is 1.38. The third kappa shape index (κ3) is 4.32. The van der Waals surface area contributed by atoms with Crippen LogP contribution in [-0.2, 0) is 9.53 Å². The lowest BCUT2D eigenvalue weighted by Crippen LogP contribution is -2.30. The molecule has 2 rings (SSSR count). The predicted molar refractivity (Wildman–Crippen MR) is 87.6 cm³/mol. The van der Waals surface area contributed by atoms with Gasteiger partial charge in [-0.05, 0) is 37.3 Å². The molecule has 0 aliphatic rings.